The lowest BCUT2D eigenvalue weighted by atomic mass is 9.95. The van der Waals surface area contributed by atoms with Crippen molar-refractivity contribution in [2.24, 2.45) is 5.92 Å². The highest BCUT2D eigenvalue weighted by molar-refractivity contribution is 9.10. The molecule has 1 aromatic rings. The Morgan fingerprint density at radius 2 is 2.08 bits per heavy atom. The van der Waals surface area contributed by atoms with Crippen molar-refractivity contribution in [3.05, 3.63) is 34.3 Å². The van der Waals surface area contributed by atoms with Gasteiger partial charge in [-0.2, -0.15) is 0 Å². The van der Waals surface area contributed by atoms with Gasteiger partial charge in [0.25, 0.3) is 0 Å². The van der Waals surface area contributed by atoms with E-state index >= 15 is 0 Å². The van der Waals surface area contributed by atoms with Crippen molar-refractivity contribution in [3.63, 3.8) is 0 Å². The fourth-order valence-electron chi connectivity index (χ4n) is 2.57. The fourth-order valence-corrected chi connectivity index (χ4v) is 2.84. The van der Waals surface area contributed by atoms with E-state index in [1.807, 2.05) is 0 Å². The summed E-state index contributed by atoms with van der Waals surface area (Å²) < 4.78 is 1.18. The van der Waals surface area contributed by atoms with E-state index in [1.54, 1.807) is 0 Å². The van der Waals surface area contributed by atoms with Gasteiger partial charge in [0.2, 0.25) is 0 Å². The van der Waals surface area contributed by atoms with Crippen molar-refractivity contribution >= 4 is 15.9 Å². The maximum Gasteiger partial charge on any atom is 0.0175 e. The average Bonchev–Trinajstić information content (AvgIpc) is 2.71. The van der Waals surface area contributed by atoms with E-state index in [9.17, 15) is 0 Å². The Kier molecular flexibility index (Phi) is 1.59. The minimum atomic E-state index is 0.515. The van der Waals surface area contributed by atoms with Gasteiger partial charge in [-0.1, -0.05) is 28.1 Å². The van der Waals surface area contributed by atoms with Crippen LogP contribution in [0.15, 0.2) is 28.7 Å². The van der Waals surface area contributed by atoms with Crippen LogP contribution in [0.1, 0.15) is 12.0 Å². The third-order valence-corrected chi connectivity index (χ3v) is 4.01. The first-order valence-corrected chi connectivity index (χ1v) is 5.57. The van der Waals surface area contributed by atoms with Crippen LogP contribution in [0, 0.1) is 5.92 Å². The Bertz CT molecular complexity index is 332. The number of fused-ring (bicyclic) bond motifs is 1. The van der Waals surface area contributed by atoms with Gasteiger partial charge in [-0.05, 0) is 36.6 Å². The Morgan fingerprint density at radius 1 is 1.31 bits per heavy atom. The molecule has 2 atom stereocenters. The Balaban J connectivity index is 1.97. The molecule has 0 spiro atoms. The third-order valence-electron chi connectivity index (χ3n) is 3.48. The van der Waals surface area contributed by atoms with E-state index in [-0.39, 0.29) is 0 Å². The van der Waals surface area contributed by atoms with Crippen LogP contribution in [0.5, 0.6) is 0 Å². The average molecular weight is 238 g/mol. The first-order chi connectivity index (χ1) is 6.31. The zero-order valence-electron chi connectivity index (χ0n) is 7.39. The molecular formula is C11H12BrN. The molecule has 13 heavy (non-hydrogen) atoms. The van der Waals surface area contributed by atoms with E-state index in [0.717, 1.165) is 5.92 Å². The molecule has 2 aliphatic rings. The molecule has 0 aromatic heterocycles. The van der Waals surface area contributed by atoms with Gasteiger partial charge in [0, 0.05) is 16.4 Å². The van der Waals surface area contributed by atoms with E-state index in [1.165, 1.54) is 29.5 Å². The molecule has 1 aliphatic carbocycles. The van der Waals surface area contributed by atoms with Crippen molar-refractivity contribution in [1.82, 2.24) is 5.32 Å². The van der Waals surface area contributed by atoms with Crippen LogP contribution >= 0.6 is 15.9 Å². The molecule has 2 fully saturated rings. The lowest BCUT2D eigenvalue weighted by Crippen LogP contribution is -2.18. The number of hydrogen-bond acceptors (Lipinski definition) is 1. The molecule has 0 radical (unpaired) electrons. The Labute approximate surface area is 86.7 Å². The van der Waals surface area contributed by atoms with Crippen LogP contribution in [0.2, 0.25) is 0 Å². The summed E-state index contributed by atoms with van der Waals surface area (Å²) in [5.41, 5.74) is 2.03. The standard InChI is InChI=1S/C11H12BrN/c12-10-3-1-8(2-4-10)11-5-9(11)6-13-7-11/h1-4,9,13H,5-7H2/t9-,11-/m1/s1. The van der Waals surface area contributed by atoms with E-state index in [2.05, 4.69) is 45.5 Å². The summed E-state index contributed by atoms with van der Waals surface area (Å²) in [6.45, 7) is 2.40. The van der Waals surface area contributed by atoms with Crippen LogP contribution in [0.25, 0.3) is 0 Å². The smallest absolute Gasteiger partial charge is 0.0175 e. The summed E-state index contributed by atoms with van der Waals surface area (Å²) in [5, 5.41) is 3.46. The van der Waals surface area contributed by atoms with Crippen molar-refractivity contribution in [3.8, 4) is 0 Å². The maximum atomic E-state index is 3.47. The topological polar surface area (TPSA) is 12.0 Å². The van der Waals surface area contributed by atoms with Crippen LogP contribution in [-0.2, 0) is 5.41 Å². The zero-order valence-corrected chi connectivity index (χ0v) is 8.97. The number of halogens is 1. The van der Waals surface area contributed by atoms with Crippen molar-refractivity contribution in [2.75, 3.05) is 13.1 Å². The van der Waals surface area contributed by atoms with E-state index < -0.39 is 0 Å². The SMILES string of the molecule is Brc1ccc([C@@]23CNC[C@H]2C3)cc1. The van der Waals surface area contributed by atoms with Crippen LogP contribution in [-0.4, -0.2) is 13.1 Å². The molecule has 1 saturated heterocycles. The quantitative estimate of drug-likeness (QED) is 0.791. The summed E-state index contributed by atoms with van der Waals surface area (Å²) in [6, 6.07) is 8.82. The van der Waals surface area contributed by atoms with Gasteiger partial charge in [0.05, 0.1) is 0 Å². The maximum absolute atomic E-state index is 3.47. The van der Waals surface area contributed by atoms with Gasteiger partial charge in [-0.3, -0.25) is 0 Å². The molecule has 3 rings (SSSR count). The highest BCUT2D eigenvalue weighted by atomic mass is 79.9. The minimum Gasteiger partial charge on any atom is -0.316 e. The molecule has 1 heterocycles. The molecule has 1 aromatic carbocycles. The number of hydrogen-bond donors (Lipinski definition) is 1. The number of benzene rings is 1. The van der Waals surface area contributed by atoms with Gasteiger partial charge in [0.15, 0.2) is 0 Å². The van der Waals surface area contributed by atoms with E-state index in [0.29, 0.717) is 5.41 Å². The molecule has 0 unspecified atom stereocenters. The summed E-state index contributed by atoms with van der Waals surface area (Å²) >= 11 is 3.47. The lowest BCUT2D eigenvalue weighted by molar-refractivity contribution is 0.675. The molecule has 1 nitrogen and oxygen atoms in total. The Hall–Kier alpha value is -0.340. The van der Waals surface area contributed by atoms with Gasteiger partial charge in [-0.15, -0.1) is 0 Å². The molecular weight excluding hydrogens is 226 g/mol. The van der Waals surface area contributed by atoms with Crippen LogP contribution in [0.4, 0.5) is 0 Å². The summed E-state index contributed by atoms with van der Waals surface area (Å²) in [7, 11) is 0. The fraction of sp³-hybridized carbons (Fsp3) is 0.455. The molecule has 68 valence electrons. The normalized spacial score (nSPS) is 35.9. The summed E-state index contributed by atoms with van der Waals surface area (Å²) in [6.07, 6.45) is 1.39. The first kappa shape index (κ1) is 8.01. The molecule has 0 amide bonds. The van der Waals surface area contributed by atoms with Gasteiger partial charge in [-0.25, -0.2) is 0 Å². The second-order valence-electron chi connectivity index (χ2n) is 4.19. The highest BCUT2D eigenvalue weighted by Gasteiger charge is 2.57. The third kappa shape index (κ3) is 1.09. The number of rotatable bonds is 1. The van der Waals surface area contributed by atoms with Crippen LogP contribution < -0.4 is 5.32 Å². The highest BCUT2D eigenvalue weighted by Crippen LogP contribution is 2.56. The first-order valence-electron chi connectivity index (χ1n) is 4.78. The summed E-state index contributed by atoms with van der Waals surface area (Å²) in [4.78, 5) is 0. The van der Waals surface area contributed by atoms with Crippen molar-refractivity contribution < 1.29 is 0 Å². The van der Waals surface area contributed by atoms with Gasteiger partial charge in [0.1, 0.15) is 0 Å². The van der Waals surface area contributed by atoms with Crippen LogP contribution in [0.3, 0.4) is 0 Å². The molecule has 1 saturated carbocycles. The number of piperidine rings is 1. The zero-order chi connectivity index (χ0) is 8.89. The molecule has 2 heteroatoms. The lowest BCUT2D eigenvalue weighted by Gasteiger charge is -2.11. The molecule has 1 N–H and O–H groups in total. The summed E-state index contributed by atoms with van der Waals surface area (Å²) in [5.74, 6) is 0.911. The second kappa shape index (κ2) is 2.58. The molecule has 0 bridgehead atoms. The predicted molar refractivity (Wildman–Crippen MR) is 56.8 cm³/mol. The second-order valence-corrected chi connectivity index (χ2v) is 5.11. The van der Waals surface area contributed by atoms with E-state index in [4.69, 9.17) is 0 Å². The van der Waals surface area contributed by atoms with Crippen molar-refractivity contribution in [1.29, 1.82) is 0 Å². The predicted octanol–water partition coefficient (Wildman–Crippen LogP) is 2.31. The largest absolute Gasteiger partial charge is 0.316 e. The van der Waals surface area contributed by atoms with Gasteiger partial charge >= 0.3 is 0 Å². The van der Waals surface area contributed by atoms with Crippen molar-refractivity contribution in [2.45, 2.75) is 11.8 Å². The monoisotopic (exact) mass is 237 g/mol. The minimum absolute atomic E-state index is 0.515. The van der Waals surface area contributed by atoms with Gasteiger partial charge < -0.3 is 5.32 Å². The number of nitrogens with one attached hydrogen (secondary N) is 1. The Morgan fingerprint density at radius 3 is 2.62 bits per heavy atom. The molecule has 1 aliphatic heterocycles.